The zero-order valence-electron chi connectivity index (χ0n) is 11.0. The van der Waals surface area contributed by atoms with Crippen LogP contribution in [0.4, 0.5) is 13.2 Å². The van der Waals surface area contributed by atoms with Gasteiger partial charge in [-0.15, -0.1) is 5.10 Å². The normalized spacial score (nSPS) is 11.7. The minimum absolute atomic E-state index is 0.100. The molecule has 2 aromatic rings. The molecule has 0 fully saturated rings. The highest BCUT2D eigenvalue weighted by molar-refractivity contribution is 6.30. The highest BCUT2D eigenvalue weighted by Gasteiger charge is 2.38. The minimum Gasteiger partial charge on any atom is -0.480 e. The third kappa shape index (κ3) is 3.02. The number of ether oxygens (including phenoxy) is 1. The number of methoxy groups -OCH3 is 1. The molecule has 2 rings (SSSR count). The number of aromatic nitrogens is 4. The Labute approximate surface area is 121 Å². The molecule has 0 aromatic carbocycles. The largest absolute Gasteiger partial charge is 0.480 e. The van der Waals surface area contributed by atoms with Crippen LogP contribution < -0.4 is 10.3 Å². The molecule has 0 N–H and O–H groups in total. The predicted molar refractivity (Wildman–Crippen MR) is 67.4 cm³/mol. The maximum Gasteiger partial charge on any atom is 0.435 e. The summed E-state index contributed by atoms with van der Waals surface area (Å²) < 4.78 is 45.3. The second-order valence-corrected chi connectivity index (χ2v) is 4.47. The van der Waals surface area contributed by atoms with Crippen molar-refractivity contribution < 1.29 is 17.9 Å². The minimum atomic E-state index is -4.68. The Morgan fingerprint density at radius 1 is 1.33 bits per heavy atom. The van der Waals surface area contributed by atoms with Gasteiger partial charge in [0.1, 0.15) is 5.15 Å². The molecule has 0 saturated carbocycles. The highest BCUT2D eigenvalue weighted by atomic mass is 35.5. The molecule has 0 saturated heterocycles. The predicted octanol–water partition coefficient (Wildman–Crippen LogP) is 1.71. The van der Waals surface area contributed by atoms with E-state index in [1.165, 1.54) is 20.2 Å². The zero-order chi connectivity index (χ0) is 15.8. The molecule has 0 amide bonds. The molecule has 6 nitrogen and oxygen atoms in total. The number of rotatable bonds is 3. The molecule has 114 valence electrons. The Morgan fingerprint density at radius 3 is 2.57 bits per heavy atom. The Hall–Kier alpha value is -2.03. The van der Waals surface area contributed by atoms with E-state index in [4.69, 9.17) is 16.3 Å². The Balaban J connectivity index is 2.52. The Bertz CT molecular complexity index is 723. The molecule has 0 radical (unpaired) electrons. The lowest BCUT2D eigenvalue weighted by molar-refractivity contribution is -0.142. The molecule has 21 heavy (non-hydrogen) atoms. The van der Waals surface area contributed by atoms with Crippen molar-refractivity contribution in [3.05, 3.63) is 38.9 Å². The second-order valence-electron chi connectivity index (χ2n) is 4.11. The van der Waals surface area contributed by atoms with Gasteiger partial charge in [-0.05, 0) is 0 Å². The molecule has 0 atom stereocenters. The molecular weight excluding hydrogens is 313 g/mol. The lowest BCUT2D eigenvalue weighted by Gasteiger charge is -2.08. The van der Waals surface area contributed by atoms with Crippen LogP contribution in [0.2, 0.25) is 5.15 Å². The Morgan fingerprint density at radius 2 is 2.00 bits per heavy atom. The van der Waals surface area contributed by atoms with Crippen LogP contribution in [0.25, 0.3) is 0 Å². The molecule has 0 aliphatic carbocycles. The summed E-state index contributed by atoms with van der Waals surface area (Å²) in [5.74, 6) is 0.100. The topological polar surface area (TPSA) is 61.9 Å². The van der Waals surface area contributed by atoms with Gasteiger partial charge in [0.15, 0.2) is 5.69 Å². The van der Waals surface area contributed by atoms with Crippen LogP contribution in [0.3, 0.4) is 0 Å². The first-order valence-corrected chi connectivity index (χ1v) is 6.02. The fourth-order valence-electron chi connectivity index (χ4n) is 1.72. The number of alkyl halides is 3. The van der Waals surface area contributed by atoms with Crippen LogP contribution in [0.15, 0.2) is 16.9 Å². The van der Waals surface area contributed by atoms with E-state index in [-0.39, 0.29) is 16.6 Å². The first kappa shape index (κ1) is 15.4. The molecule has 0 bridgehead atoms. The molecule has 10 heteroatoms. The average molecular weight is 323 g/mol. The van der Waals surface area contributed by atoms with Gasteiger partial charge < -0.3 is 4.74 Å². The van der Waals surface area contributed by atoms with E-state index in [1.54, 1.807) is 0 Å². The van der Waals surface area contributed by atoms with Gasteiger partial charge in [-0.25, -0.2) is 4.68 Å². The first-order chi connectivity index (χ1) is 9.74. The van der Waals surface area contributed by atoms with Crippen LogP contribution in [0.5, 0.6) is 5.88 Å². The molecule has 0 spiro atoms. The summed E-state index contributed by atoms with van der Waals surface area (Å²) in [4.78, 5) is 11.7. The van der Waals surface area contributed by atoms with Gasteiger partial charge in [-0.3, -0.25) is 9.48 Å². The summed E-state index contributed by atoms with van der Waals surface area (Å²) >= 11 is 5.82. The van der Waals surface area contributed by atoms with Crippen LogP contribution in [0, 0.1) is 0 Å². The summed E-state index contributed by atoms with van der Waals surface area (Å²) in [5.41, 5.74) is -2.05. The summed E-state index contributed by atoms with van der Waals surface area (Å²) in [6, 6.07) is 2.46. The van der Waals surface area contributed by atoms with Gasteiger partial charge in [-0.1, -0.05) is 11.6 Å². The Kier molecular flexibility index (Phi) is 3.95. The third-order valence-electron chi connectivity index (χ3n) is 2.70. The van der Waals surface area contributed by atoms with Crippen molar-refractivity contribution in [1.82, 2.24) is 19.6 Å². The van der Waals surface area contributed by atoms with Crippen molar-refractivity contribution in [1.29, 1.82) is 0 Å². The number of aryl methyl sites for hydroxylation is 1. The van der Waals surface area contributed by atoms with E-state index in [9.17, 15) is 18.0 Å². The van der Waals surface area contributed by atoms with E-state index < -0.39 is 24.0 Å². The van der Waals surface area contributed by atoms with E-state index in [0.717, 1.165) is 15.4 Å². The van der Waals surface area contributed by atoms with Gasteiger partial charge >= 0.3 is 6.18 Å². The van der Waals surface area contributed by atoms with Gasteiger partial charge in [-0.2, -0.15) is 18.3 Å². The quantitative estimate of drug-likeness (QED) is 0.863. The van der Waals surface area contributed by atoms with E-state index in [2.05, 4.69) is 10.2 Å². The summed E-state index contributed by atoms with van der Waals surface area (Å²) in [5, 5.41) is 6.90. The SMILES string of the molecule is COc1ccc(=O)n(Cc2c(C(F)(F)F)nn(C)c2Cl)n1. The van der Waals surface area contributed by atoms with Crippen molar-refractivity contribution >= 4 is 11.6 Å². The maximum atomic E-state index is 12.9. The number of nitrogens with zero attached hydrogens (tertiary/aromatic N) is 4. The van der Waals surface area contributed by atoms with E-state index >= 15 is 0 Å². The van der Waals surface area contributed by atoms with Crippen LogP contribution >= 0.6 is 11.6 Å². The van der Waals surface area contributed by atoms with Gasteiger partial charge in [0.2, 0.25) is 5.88 Å². The maximum absolute atomic E-state index is 12.9. The molecular formula is C11H10ClF3N4O2. The lowest BCUT2D eigenvalue weighted by atomic mass is 10.2. The van der Waals surface area contributed by atoms with Crippen LogP contribution in [-0.4, -0.2) is 26.7 Å². The fourth-order valence-corrected chi connectivity index (χ4v) is 1.90. The summed E-state index contributed by atoms with van der Waals surface area (Å²) in [6.07, 6.45) is -4.68. The van der Waals surface area contributed by atoms with Gasteiger partial charge in [0.05, 0.1) is 13.7 Å². The van der Waals surface area contributed by atoms with Gasteiger partial charge in [0.25, 0.3) is 5.56 Å². The highest BCUT2D eigenvalue weighted by Crippen LogP contribution is 2.34. The number of hydrogen-bond donors (Lipinski definition) is 0. The standard InChI is InChI=1S/C11H10ClF3N4O2/c1-18-10(12)6(9(17-18)11(13,14)15)5-19-8(20)4-3-7(16-19)21-2/h3-4H,5H2,1-2H3. The molecule has 0 aliphatic heterocycles. The van der Waals surface area contributed by atoms with Crippen LogP contribution in [-0.2, 0) is 19.8 Å². The second kappa shape index (κ2) is 5.40. The smallest absolute Gasteiger partial charge is 0.435 e. The van der Waals surface area contributed by atoms with Crippen molar-refractivity contribution in [2.45, 2.75) is 12.7 Å². The first-order valence-electron chi connectivity index (χ1n) is 5.64. The van der Waals surface area contributed by atoms with E-state index in [0.29, 0.717) is 0 Å². The summed E-state index contributed by atoms with van der Waals surface area (Å²) in [6.45, 7) is -0.461. The molecule has 2 heterocycles. The lowest BCUT2D eigenvalue weighted by Crippen LogP contribution is -2.24. The molecule has 2 aromatic heterocycles. The summed E-state index contributed by atoms with van der Waals surface area (Å²) in [7, 11) is 2.61. The third-order valence-corrected chi connectivity index (χ3v) is 3.17. The van der Waals surface area contributed by atoms with Crippen molar-refractivity contribution in [3.63, 3.8) is 0 Å². The van der Waals surface area contributed by atoms with E-state index in [1.807, 2.05) is 0 Å². The van der Waals surface area contributed by atoms with Gasteiger partial charge in [0, 0.05) is 24.7 Å². The van der Waals surface area contributed by atoms with Crippen molar-refractivity contribution in [2.75, 3.05) is 7.11 Å². The van der Waals surface area contributed by atoms with Crippen LogP contribution in [0.1, 0.15) is 11.3 Å². The molecule has 0 unspecified atom stereocenters. The monoisotopic (exact) mass is 322 g/mol. The number of halogens is 4. The zero-order valence-corrected chi connectivity index (χ0v) is 11.7. The van der Waals surface area contributed by atoms with Crippen molar-refractivity contribution in [3.8, 4) is 5.88 Å². The average Bonchev–Trinajstić information content (AvgIpc) is 2.69. The molecule has 0 aliphatic rings. The fraction of sp³-hybridized carbons (Fsp3) is 0.364. The van der Waals surface area contributed by atoms with Crippen molar-refractivity contribution in [2.24, 2.45) is 7.05 Å². The number of hydrogen-bond acceptors (Lipinski definition) is 4.